The van der Waals surface area contributed by atoms with Crippen LogP contribution >= 0.6 is 11.6 Å². The van der Waals surface area contributed by atoms with Gasteiger partial charge in [0, 0.05) is 24.7 Å². The number of imidazole rings is 1. The van der Waals surface area contributed by atoms with Gasteiger partial charge in [-0.05, 0) is 36.8 Å². The number of nitrogens with zero attached hydrogens (tertiary/aromatic N) is 3. The van der Waals surface area contributed by atoms with E-state index in [-0.39, 0.29) is 18.3 Å². The molecule has 5 nitrogen and oxygen atoms in total. The summed E-state index contributed by atoms with van der Waals surface area (Å²) in [5.41, 5.74) is 1.82. The molecule has 0 aliphatic carbocycles. The molecule has 0 radical (unpaired) electrons. The van der Waals surface area contributed by atoms with Gasteiger partial charge in [0.2, 0.25) is 0 Å². The average molecular weight is 390 g/mol. The number of aromatic nitrogens is 2. The summed E-state index contributed by atoms with van der Waals surface area (Å²) >= 11 is 6.04. The average Bonchev–Trinajstić information content (AvgIpc) is 2.97. The van der Waals surface area contributed by atoms with Crippen LogP contribution in [0.1, 0.15) is 29.5 Å². The predicted octanol–water partition coefficient (Wildman–Crippen LogP) is 4.52. The van der Waals surface area contributed by atoms with E-state index in [0.717, 1.165) is 18.5 Å². The molecule has 0 aliphatic rings. The highest BCUT2D eigenvalue weighted by molar-refractivity contribution is 6.31. The molecule has 0 spiro atoms. The first-order valence-corrected chi connectivity index (χ1v) is 9.06. The second-order valence-electron chi connectivity index (χ2n) is 6.32. The third-order valence-corrected chi connectivity index (χ3v) is 4.59. The van der Waals surface area contributed by atoms with E-state index in [1.54, 1.807) is 36.2 Å². The van der Waals surface area contributed by atoms with Crippen LogP contribution in [-0.4, -0.2) is 34.5 Å². The number of ether oxygens (including phenoxy) is 1. The molecule has 3 rings (SSSR count). The van der Waals surface area contributed by atoms with Crippen LogP contribution in [0.4, 0.5) is 4.39 Å². The number of methoxy groups -OCH3 is 1. The van der Waals surface area contributed by atoms with Crippen LogP contribution in [0.2, 0.25) is 5.02 Å². The van der Waals surface area contributed by atoms with Crippen molar-refractivity contribution in [2.45, 2.75) is 26.4 Å². The van der Waals surface area contributed by atoms with Gasteiger partial charge in [-0.3, -0.25) is 4.79 Å². The zero-order valence-corrected chi connectivity index (χ0v) is 16.3. The first kappa shape index (κ1) is 19.2. The molecular weight excluding hydrogens is 369 g/mol. The number of benzene rings is 2. The Hall–Kier alpha value is -2.60. The summed E-state index contributed by atoms with van der Waals surface area (Å²) in [7, 11) is 3.20. The summed E-state index contributed by atoms with van der Waals surface area (Å²) in [5, 5.41) is 0.459. The SMILES string of the molecule is CCCn1c(CN(C)C(=O)c2cc(Cl)ccc2OC)nc2cc(F)ccc21. The molecule has 0 unspecified atom stereocenters. The van der Waals surface area contributed by atoms with Crippen LogP contribution < -0.4 is 4.74 Å². The van der Waals surface area contributed by atoms with Gasteiger partial charge in [0.1, 0.15) is 17.4 Å². The Labute approximate surface area is 162 Å². The number of hydrogen-bond donors (Lipinski definition) is 0. The first-order chi connectivity index (χ1) is 12.9. The monoisotopic (exact) mass is 389 g/mol. The van der Waals surface area contributed by atoms with Crippen LogP contribution in [0.3, 0.4) is 0 Å². The number of rotatable bonds is 6. The standard InChI is InChI=1S/C20H21ClFN3O2/c1-4-9-25-17-7-6-14(22)11-16(17)23-19(25)12-24(2)20(26)15-10-13(21)5-8-18(15)27-3/h5-8,10-11H,4,9,12H2,1-3H3. The Morgan fingerprint density at radius 1 is 1.30 bits per heavy atom. The van der Waals surface area contributed by atoms with Gasteiger partial charge in [0.25, 0.3) is 5.91 Å². The Kier molecular flexibility index (Phi) is 5.65. The lowest BCUT2D eigenvalue weighted by atomic mass is 10.1. The van der Waals surface area contributed by atoms with E-state index in [1.165, 1.54) is 19.2 Å². The third-order valence-electron chi connectivity index (χ3n) is 4.35. The van der Waals surface area contributed by atoms with Crippen molar-refractivity contribution < 1.29 is 13.9 Å². The van der Waals surface area contributed by atoms with Crippen LogP contribution in [0.5, 0.6) is 5.75 Å². The minimum atomic E-state index is -0.330. The lowest BCUT2D eigenvalue weighted by Gasteiger charge is -2.19. The van der Waals surface area contributed by atoms with Gasteiger partial charge in [0.05, 0.1) is 30.3 Å². The molecule has 1 amide bonds. The van der Waals surface area contributed by atoms with Crippen molar-refractivity contribution in [2.75, 3.05) is 14.2 Å². The van der Waals surface area contributed by atoms with Crippen molar-refractivity contribution in [3.05, 3.63) is 58.6 Å². The number of hydrogen-bond acceptors (Lipinski definition) is 3. The predicted molar refractivity (Wildman–Crippen MR) is 104 cm³/mol. The second-order valence-corrected chi connectivity index (χ2v) is 6.75. The topological polar surface area (TPSA) is 47.4 Å². The van der Waals surface area contributed by atoms with Crippen LogP contribution in [0, 0.1) is 5.82 Å². The number of halogens is 2. The minimum Gasteiger partial charge on any atom is -0.496 e. The molecule has 1 aromatic heterocycles. The number of fused-ring (bicyclic) bond motifs is 1. The molecule has 0 saturated carbocycles. The largest absolute Gasteiger partial charge is 0.496 e. The molecule has 0 fully saturated rings. The fourth-order valence-electron chi connectivity index (χ4n) is 3.08. The molecule has 0 N–H and O–H groups in total. The highest BCUT2D eigenvalue weighted by atomic mass is 35.5. The number of amides is 1. The van der Waals surface area contributed by atoms with Gasteiger partial charge in [0.15, 0.2) is 0 Å². The number of aryl methyl sites for hydroxylation is 1. The molecule has 0 atom stereocenters. The van der Waals surface area contributed by atoms with Crippen molar-refractivity contribution in [1.29, 1.82) is 0 Å². The molecule has 2 aromatic carbocycles. The van der Waals surface area contributed by atoms with E-state index in [2.05, 4.69) is 11.9 Å². The molecule has 142 valence electrons. The van der Waals surface area contributed by atoms with E-state index >= 15 is 0 Å². The van der Waals surface area contributed by atoms with E-state index in [9.17, 15) is 9.18 Å². The van der Waals surface area contributed by atoms with Crippen LogP contribution in [0.15, 0.2) is 36.4 Å². The minimum absolute atomic E-state index is 0.226. The highest BCUT2D eigenvalue weighted by Gasteiger charge is 2.20. The van der Waals surface area contributed by atoms with E-state index < -0.39 is 0 Å². The van der Waals surface area contributed by atoms with Gasteiger partial charge in [-0.25, -0.2) is 9.37 Å². The lowest BCUT2D eigenvalue weighted by molar-refractivity contribution is 0.0777. The van der Waals surface area contributed by atoms with Crippen molar-refractivity contribution in [1.82, 2.24) is 14.5 Å². The van der Waals surface area contributed by atoms with Crippen molar-refractivity contribution in [2.24, 2.45) is 0 Å². The maximum atomic E-state index is 13.6. The van der Waals surface area contributed by atoms with Gasteiger partial charge in [-0.1, -0.05) is 18.5 Å². The van der Waals surface area contributed by atoms with Crippen LogP contribution in [-0.2, 0) is 13.1 Å². The zero-order chi connectivity index (χ0) is 19.6. The van der Waals surface area contributed by atoms with Gasteiger partial charge in [-0.2, -0.15) is 0 Å². The van der Waals surface area contributed by atoms with Crippen LogP contribution in [0.25, 0.3) is 11.0 Å². The first-order valence-electron chi connectivity index (χ1n) is 8.68. The van der Waals surface area contributed by atoms with E-state index in [1.807, 2.05) is 4.57 Å². The van der Waals surface area contributed by atoms with E-state index in [0.29, 0.717) is 27.7 Å². The summed E-state index contributed by atoms with van der Waals surface area (Å²) in [6.07, 6.45) is 0.898. The van der Waals surface area contributed by atoms with Gasteiger partial charge in [-0.15, -0.1) is 0 Å². The summed E-state index contributed by atoms with van der Waals surface area (Å²) in [4.78, 5) is 19.0. The van der Waals surface area contributed by atoms with Crippen molar-refractivity contribution in [3.8, 4) is 5.75 Å². The Balaban J connectivity index is 1.93. The Bertz CT molecular complexity index is 987. The molecule has 27 heavy (non-hydrogen) atoms. The summed E-state index contributed by atoms with van der Waals surface area (Å²) in [5.74, 6) is 0.605. The molecule has 0 aliphatic heterocycles. The van der Waals surface area contributed by atoms with Gasteiger partial charge >= 0.3 is 0 Å². The fraction of sp³-hybridized carbons (Fsp3) is 0.300. The molecule has 7 heteroatoms. The van der Waals surface area contributed by atoms with Crippen molar-refractivity contribution >= 4 is 28.5 Å². The maximum Gasteiger partial charge on any atom is 0.257 e. The summed E-state index contributed by atoms with van der Waals surface area (Å²) in [6, 6.07) is 9.48. The summed E-state index contributed by atoms with van der Waals surface area (Å²) < 4.78 is 20.9. The molecule has 0 saturated heterocycles. The Morgan fingerprint density at radius 2 is 2.07 bits per heavy atom. The smallest absolute Gasteiger partial charge is 0.257 e. The van der Waals surface area contributed by atoms with Gasteiger partial charge < -0.3 is 14.2 Å². The van der Waals surface area contributed by atoms with Crippen molar-refractivity contribution in [3.63, 3.8) is 0 Å². The number of carbonyl (C=O) groups is 1. The molecule has 0 bridgehead atoms. The fourth-order valence-corrected chi connectivity index (χ4v) is 3.26. The summed E-state index contributed by atoms with van der Waals surface area (Å²) in [6.45, 7) is 3.08. The molecular formula is C20H21ClFN3O2. The second kappa shape index (κ2) is 7.96. The van der Waals surface area contributed by atoms with E-state index in [4.69, 9.17) is 16.3 Å². The molecule has 1 heterocycles. The number of carbonyl (C=O) groups excluding carboxylic acids is 1. The maximum absolute atomic E-state index is 13.6. The normalized spacial score (nSPS) is 11.0. The zero-order valence-electron chi connectivity index (χ0n) is 15.5. The molecule has 3 aromatic rings. The quantitative estimate of drug-likeness (QED) is 0.622. The lowest BCUT2D eigenvalue weighted by Crippen LogP contribution is -2.28. The Morgan fingerprint density at radius 3 is 2.78 bits per heavy atom. The third kappa shape index (κ3) is 3.90. The highest BCUT2D eigenvalue weighted by Crippen LogP contribution is 2.25.